The van der Waals surface area contributed by atoms with Gasteiger partial charge < -0.3 is 31.9 Å². The number of Topliss-reactive ketones (excluding diaryl/α,β-unsaturated/α-hetero) is 2. The van der Waals surface area contributed by atoms with Crippen LogP contribution in [0.5, 0.6) is 5.75 Å². The Morgan fingerprint density at radius 1 is 1.25 bits per heavy atom. The van der Waals surface area contributed by atoms with Crippen LogP contribution in [-0.2, 0) is 16.0 Å². The molecule has 32 heavy (non-hydrogen) atoms. The molecule has 0 saturated carbocycles. The second-order valence-electron chi connectivity index (χ2n) is 8.61. The summed E-state index contributed by atoms with van der Waals surface area (Å²) in [6.07, 6.45) is -0.245. The number of fused-ring (bicyclic) bond motifs is 3. The highest BCUT2D eigenvalue weighted by atomic mass is 19.1. The van der Waals surface area contributed by atoms with E-state index < -0.39 is 75.2 Å². The van der Waals surface area contributed by atoms with Gasteiger partial charge in [0.1, 0.15) is 28.7 Å². The molecule has 11 heteroatoms. The second-order valence-corrected chi connectivity index (χ2v) is 8.61. The highest BCUT2D eigenvalue weighted by Crippen LogP contribution is 2.52. The van der Waals surface area contributed by atoms with Crippen molar-refractivity contribution in [1.82, 2.24) is 4.90 Å². The lowest BCUT2D eigenvalue weighted by Crippen LogP contribution is -2.63. The molecule has 0 spiro atoms. The van der Waals surface area contributed by atoms with Gasteiger partial charge in [-0.25, -0.2) is 4.39 Å². The predicted molar refractivity (Wildman–Crippen MR) is 108 cm³/mol. The van der Waals surface area contributed by atoms with E-state index >= 15 is 0 Å². The summed E-state index contributed by atoms with van der Waals surface area (Å²) in [6.45, 7) is 0. The molecule has 4 rings (SSSR count). The third-order valence-electron chi connectivity index (χ3n) is 6.70. The SMILES string of the molecule is CN(C)C1C(O)=C(C(N)=O)C(=O)[C@@]2(O)C(O)=C3C(=O)c4c(O)c(N)cc(F)c4C[C@H]3C[C@@H]12. The molecule has 10 nitrogen and oxygen atoms in total. The van der Waals surface area contributed by atoms with Crippen molar-refractivity contribution in [3.8, 4) is 5.75 Å². The van der Waals surface area contributed by atoms with Crippen molar-refractivity contribution in [2.75, 3.05) is 19.8 Å². The zero-order valence-corrected chi connectivity index (χ0v) is 17.2. The maximum atomic E-state index is 14.6. The summed E-state index contributed by atoms with van der Waals surface area (Å²) < 4.78 is 14.6. The fourth-order valence-corrected chi connectivity index (χ4v) is 5.29. The molecule has 170 valence electrons. The number of likely N-dealkylation sites (N-methyl/N-ethyl adjacent to an activating group) is 1. The van der Waals surface area contributed by atoms with Crippen LogP contribution < -0.4 is 11.5 Å². The van der Waals surface area contributed by atoms with Gasteiger partial charge in [0.2, 0.25) is 5.78 Å². The van der Waals surface area contributed by atoms with Gasteiger partial charge >= 0.3 is 0 Å². The Kier molecular flexibility index (Phi) is 4.61. The number of nitrogen functional groups attached to an aromatic ring is 1. The Bertz CT molecular complexity index is 1170. The first-order chi connectivity index (χ1) is 14.8. The van der Waals surface area contributed by atoms with Crippen molar-refractivity contribution in [2.24, 2.45) is 17.6 Å². The topological polar surface area (TPSA) is 187 Å². The Balaban J connectivity index is 1.99. The molecule has 1 aromatic rings. The standard InChI is InChI=1S/C21H22FN3O7/c1-25(2)14-8-4-6-3-7-9(22)5-10(23)15(26)12(7)16(27)11(6)18(29)21(8,32)19(30)13(17(14)28)20(24)31/h5-6,8,14,26,28-29,32H,3-4,23H2,1-2H3,(H2,24,31)/t6-,8-,14?,21-/m0/s1. The van der Waals surface area contributed by atoms with Crippen molar-refractivity contribution in [2.45, 2.75) is 24.5 Å². The van der Waals surface area contributed by atoms with Crippen LogP contribution in [0.2, 0.25) is 0 Å². The fraction of sp³-hybridized carbons (Fsp3) is 0.381. The van der Waals surface area contributed by atoms with E-state index in [9.17, 15) is 39.2 Å². The van der Waals surface area contributed by atoms with Gasteiger partial charge in [0.25, 0.3) is 5.91 Å². The largest absolute Gasteiger partial charge is 0.510 e. The molecule has 1 amide bonds. The van der Waals surface area contributed by atoms with Gasteiger partial charge in [-0.2, -0.15) is 0 Å². The number of primary amides is 1. The normalized spacial score (nSPS) is 29.7. The third kappa shape index (κ3) is 2.55. The van der Waals surface area contributed by atoms with Crippen LogP contribution in [0, 0.1) is 17.7 Å². The molecule has 1 aromatic carbocycles. The number of carbonyl (C=O) groups is 3. The number of hydrogen-bond donors (Lipinski definition) is 6. The number of phenolic OH excluding ortho intramolecular Hbond substituents is 1. The van der Waals surface area contributed by atoms with E-state index in [0.717, 1.165) is 6.07 Å². The Morgan fingerprint density at radius 3 is 2.44 bits per heavy atom. The van der Waals surface area contributed by atoms with Crippen molar-refractivity contribution in [1.29, 1.82) is 0 Å². The summed E-state index contributed by atoms with van der Waals surface area (Å²) in [5.74, 6) is -8.80. The van der Waals surface area contributed by atoms with Crippen LogP contribution in [0.4, 0.5) is 10.1 Å². The number of ketones is 2. The average molecular weight is 447 g/mol. The van der Waals surface area contributed by atoms with E-state index in [1.54, 1.807) is 0 Å². The number of rotatable bonds is 2. The van der Waals surface area contributed by atoms with Gasteiger partial charge in [0, 0.05) is 23.1 Å². The second kappa shape index (κ2) is 6.78. The number of allylic oxidation sites excluding steroid dienone is 1. The van der Waals surface area contributed by atoms with Crippen LogP contribution in [-0.4, -0.2) is 68.5 Å². The number of benzene rings is 1. The Morgan fingerprint density at radius 2 is 1.88 bits per heavy atom. The molecule has 0 aromatic heterocycles. The zero-order chi connectivity index (χ0) is 23.9. The van der Waals surface area contributed by atoms with Crippen LogP contribution in [0.3, 0.4) is 0 Å². The van der Waals surface area contributed by atoms with Crippen molar-refractivity contribution in [3.63, 3.8) is 0 Å². The van der Waals surface area contributed by atoms with Crippen molar-refractivity contribution < 1.29 is 39.2 Å². The van der Waals surface area contributed by atoms with Gasteiger partial charge in [-0.05, 0) is 32.9 Å². The number of amides is 1. The fourth-order valence-electron chi connectivity index (χ4n) is 5.29. The van der Waals surface area contributed by atoms with Crippen LogP contribution in [0.15, 0.2) is 28.7 Å². The van der Waals surface area contributed by atoms with Gasteiger partial charge in [-0.3, -0.25) is 19.3 Å². The molecule has 0 radical (unpaired) electrons. The highest BCUT2D eigenvalue weighted by molar-refractivity contribution is 6.24. The first-order valence-corrected chi connectivity index (χ1v) is 9.78. The van der Waals surface area contributed by atoms with Gasteiger partial charge in [-0.1, -0.05) is 0 Å². The molecule has 0 bridgehead atoms. The smallest absolute Gasteiger partial charge is 0.255 e. The number of phenols is 1. The maximum Gasteiger partial charge on any atom is 0.255 e. The summed E-state index contributed by atoms with van der Waals surface area (Å²) in [5.41, 5.74) is 5.88. The first kappa shape index (κ1) is 21.8. The van der Waals surface area contributed by atoms with Crippen LogP contribution >= 0.6 is 0 Å². The number of halogens is 1. The summed E-state index contributed by atoms with van der Waals surface area (Å²) >= 11 is 0. The van der Waals surface area contributed by atoms with Gasteiger partial charge in [0.15, 0.2) is 11.4 Å². The quantitative estimate of drug-likeness (QED) is 0.203. The Hall–Kier alpha value is -3.44. The number of aromatic hydroxyl groups is 1. The molecule has 0 heterocycles. The summed E-state index contributed by atoms with van der Waals surface area (Å²) in [6, 6.07) is -0.222. The monoisotopic (exact) mass is 447 g/mol. The van der Waals surface area contributed by atoms with Crippen LogP contribution in [0.25, 0.3) is 0 Å². The minimum Gasteiger partial charge on any atom is -0.510 e. The molecule has 8 N–H and O–H groups in total. The van der Waals surface area contributed by atoms with E-state index in [4.69, 9.17) is 11.5 Å². The molecular formula is C21H22FN3O7. The number of carbonyl (C=O) groups excluding carboxylic acids is 3. The summed E-state index contributed by atoms with van der Waals surface area (Å²) in [7, 11) is 3.04. The molecule has 3 aliphatic carbocycles. The highest BCUT2D eigenvalue weighted by Gasteiger charge is 2.63. The van der Waals surface area contributed by atoms with E-state index in [-0.39, 0.29) is 29.7 Å². The lowest BCUT2D eigenvalue weighted by molar-refractivity contribution is -0.148. The zero-order valence-electron chi connectivity index (χ0n) is 17.2. The number of aliphatic hydroxyl groups excluding tert-OH is 2. The number of nitrogens with zero attached hydrogens (tertiary/aromatic N) is 1. The number of aliphatic hydroxyl groups is 3. The van der Waals surface area contributed by atoms with Gasteiger partial charge in [0.05, 0.1) is 17.3 Å². The van der Waals surface area contributed by atoms with Crippen molar-refractivity contribution >= 4 is 23.2 Å². The molecular weight excluding hydrogens is 425 g/mol. The van der Waals surface area contributed by atoms with E-state index in [1.807, 2.05) is 0 Å². The Labute approximate surface area is 181 Å². The minimum atomic E-state index is -2.74. The maximum absolute atomic E-state index is 14.6. The van der Waals surface area contributed by atoms with E-state index in [2.05, 4.69) is 0 Å². The number of hydrogen-bond acceptors (Lipinski definition) is 9. The molecule has 0 fully saturated rings. The number of anilines is 1. The van der Waals surface area contributed by atoms with Crippen molar-refractivity contribution in [3.05, 3.63) is 45.7 Å². The molecule has 0 aliphatic heterocycles. The third-order valence-corrected chi connectivity index (χ3v) is 6.70. The molecule has 4 atom stereocenters. The predicted octanol–water partition coefficient (Wildman–Crippen LogP) is -0.158. The number of nitrogens with two attached hydrogens (primary N) is 2. The van der Waals surface area contributed by atoms with Gasteiger partial charge in [-0.15, -0.1) is 0 Å². The first-order valence-electron chi connectivity index (χ1n) is 9.78. The average Bonchev–Trinajstić information content (AvgIpc) is 2.68. The minimum absolute atomic E-state index is 0.102. The molecule has 3 aliphatic rings. The lowest BCUT2D eigenvalue weighted by atomic mass is 9.58. The summed E-state index contributed by atoms with van der Waals surface area (Å²) in [5, 5.41) is 43.4. The summed E-state index contributed by atoms with van der Waals surface area (Å²) in [4.78, 5) is 39.6. The van der Waals surface area contributed by atoms with E-state index in [0.29, 0.717) is 0 Å². The van der Waals surface area contributed by atoms with E-state index in [1.165, 1.54) is 19.0 Å². The molecule has 0 saturated heterocycles. The van der Waals surface area contributed by atoms with Crippen LogP contribution in [0.1, 0.15) is 22.3 Å². The molecule has 1 unspecified atom stereocenters. The lowest BCUT2D eigenvalue weighted by Gasteiger charge is -2.50.